The molecule has 11 nitrogen and oxygen atoms in total. The van der Waals surface area contributed by atoms with Crippen LogP contribution in [0.3, 0.4) is 0 Å². The molecule has 0 radical (unpaired) electrons. The number of aromatic nitrogens is 3. The average molecular weight is 712 g/mol. The van der Waals surface area contributed by atoms with Gasteiger partial charge in [-0.2, -0.15) is 9.97 Å². The van der Waals surface area contributed by atoms with Gasteiger partial charge in [-0.1, -0.05) is 17.7 Å². The third-order valence-electron chi connectivity index (χ3n) is 10.3. The van der Waals surface area contributed by atoms with Gasteiger partial charge in [0, 0.05) is 61.6 Å². The Balaban J connectivity index is 0.000000375. The molecule has 2 aromatic heterocycles. The van der Waals surface area contributed by atoms with Crippen LogP contribution in [0.25, 0.3) is 22.2 Å². The summed E-state index contributed by atoms with van der Waals surface area (Å²) in [6.07, 6.45) is 9.72. The Morgan fingerprint density at radius 3 is 2.68 bits per heavy atom. The maximum atomic E-state index is 16.3. The summed E-state index contributed by atoms with van der Waals surface area (Å²) in [5.41, 5.74) is 0.834. The van der Waals surface area contributed by atoms with Crippen LogP contribution in [0.5, 0.6) is 11.8 Å². The van der Waals surface area contributed by atoms with E-state index < -0.39 is 17.5 Å². The Labute approximate surface area is 295 Å². The SMILES string of the molecule is COc1nc(N2CCN(C(=O)/C=C/CN(C)C)C3(COC3)C2)c2cnc(-c3cc(O)cc(Cl)c3C3CC3)c(F)c2n1.FC1CC2CCCN2C1. The molecule has 268 valence electrons. The van der Waals surface area contributed by atoms with Crippen LogP contribution < -0.4 is 9.64 Å². The van der Waals surface area contributed by atoms with E-state index in [1.54, 1.807) is 12.3 Å². The first-order chi connectivity index (χ1) is 24.1. The van der Waals surface area contributed by atoms with Crippen LogP contribution in [-0.2, 0) is 9.53 Å². The number of amides is 1. The molecule has 8 rings (SSSR count). The Morgan fingerprint density at radius 2 is 2.00 bits per heavy atom. The van der Waals surface area contributed by atoms with Crippen LogP contribution in [-0.4, -0.2) is 132 Å². The lowest BCUT2D eigenvalue weighted by Gasteiger charge is -2.55. The topological polar surface area (TPSA) is 107 Å². The van der Waals surface area contributed by atoms with Crippen molar-refractivity contribution in [1.82, 2.24) is 29.7 Å². The number of benzene rings is 1. The number of aromatic hydroxyl groups is 1. The van der Waals surface area contributed by atoms with Crippen LogP contribution in [0.4, 0.5) is 14.6 Å². The highest BCUT2D eigenvalue weighted by Gasteiger charge is 2.50. The molecule has 1 saturated carbocycles. The Hall–Kier alpha value is -3.65. The number of carbonyl (C=O) groups is 1. The number of rotatable bonds is 7. The number of phenols is 1. The van der Waals surface area contributed by atoms with Crippen LogP contribution in [0.1, 0.15) is 43.6 Å². The predicted octanol–water partition coefficient (Wildman–Crippen LogP) is 4.80. The highest BCUT2D eigenvalue weighted by Crippen LogP contribution is 2.49. The van der Waals surface area contributed by atoms with Crippen molar-refractivity contribution < 1.29 is 28.2 Å². The molecule has 2 atom stereocenters. The number of methoxy groups -OCH3 is 1. The molecule has 4 aliphatic heterocycles. The maximum absolute atomic E-state index is 16.3. The highest BCUT2D eigenvalue weighted by molar-refractivity contribution is 6.32. The first kappa shape index (κ1) is 34.8. The number of likely N-dealkylation sites (N-methyl/N-ethyl adjacent to an activating group) is 1. The second-order valence-electron chi connectivity index (χ2n) is 14.3. The molecular formula is C36H44ClF2N7O4. The van der Waals surface area contributed by atoms with Crippen LogP contribution in [0.2, 0.25) is 5.02 Å². The molecule has 0 bridgehead atoms. The third-order valence-corrected chi connectivity index (χ3v) is 10.6. The zero-order valence-electron chi connectivity index (χ0n) is 28.7. The van der Waals surface area contributed by atoms with Crippen molar-refractivity contribution >= 4 is 34.2 Å². The number of carbonyl (C=O) groups excluding carboxylic acids is 1. The monoisotopic (exact) mass is 711 g/mol. The van der Waals surface area contributed by atoms with Gasteiger partial charge in [0.05, 0.1) is 25.7 Å². The molecule has 1 aromatic carbocycles. The first-order valence-corrected chi connectivity index (χ1v) is 17.7. The molecule has 6 heterocycles. The standard InChI is InChI=1S/C29H32ClFN6O4.C7H12FN/c1-35(2)8-4-5-22(39)37-10-9-36(14-29(37)15-41-16-29)27-20-13-32-25(24(31)26(20)33-28(34-27)40-3)19-11-18(38)12-21(30)23(19)17-6-7-17;8-6-4-7-2-1-3-9(7)5-6/h4-5,11-13,17,38H,6-10,14-16H2,1-3H3;6-7H,1-5H2/b5-4+;. The minimum Gasteiger partial charge on any atom is -0.508 e. The van der Waals surface area contributed by atoms with Crippen molar-refractivity contribution in [2.24, 2.45) is 0 Å². The third kappa shape index (κ3) is 6.84. The fourth-order valence-corrected chi connectivity index (χ4v) is 8.06. The van der Waals surface area contributed by atoms with Gasteiger partial charge in [0.25, 0.3) is 0 Å². The number of pyridine rings is 1. The zero-order valence-corrected chi connectivity index (χ0v) is 29.5. The van der Waals surface area contributed by atoms with Crippen molar-refractivity contribution in [2.75, 3.05) is 78.6 Å². The largest absolute Gasteiger partial charge is 0.508 e. The fraction of sp³-hybridized carbons (Fsp3) is 0.556. The lowest BCUT2D eigenvalue weighted by Crippen LogP contribution is -2.72. The number of alkyl halides is 1. The van der Waals surface area contributed by atoms with Crippen LogP contribution >= 0.6 is 11.6 Å². The minimum absolute atomic E-state index is 0.0175. The minimum atomic E-state index is -0.644. The summed E-state index contributed by atoms with van der Waals surface area (Å²) in [7, 11) is 5.32. The molecule has 14 heteroatoms. The Kier molecular flexibility index (Phi) is 9.86. The summed E-state index contributed by atoms with van der Waals surface area (Å²) in [5.74, 6) is -0.0949. The second kappa shape index (κ2) is 14.2. The van der Waals surface area contributed by atoms with Gasteiger partial charge in [-0.05, 0) is 76.4 Å². The number of phenolic OH excluding ortho intramolecular Hbond substituents is 1. The van der Waals surface area contributed by atoms with Crippen molar-refractivity contribution in [3.05, 3.63) is 46.9 Å². The van der Waals surface area contributed by atoms with Crippen LogP contribution in [0, 0.1) is 5.82 Å². The average Bonchev–Trinajstić information content (AvgIpc) is 3.71. The van der Waals surface area contributed by atoms with E-state index in [4.69, 9.17) is 21.1 Å². The number of hydrogen-bond acceptors (Lipinski definition) is 10. The molecule has 4 saturated heterocycles. The lowest BCUT2D eigenvalue weighted by molar-refractivity contribution is -0.164. The number of hydrogen-bond donors (Lipinski definition) is 1. The van der Waals surface area contributed by atoms with Crippen molar-refractivity contribution in [3.8, 4) is 23.0 Å². The summed E-state index contributed by atoms with van der Waals surface area (Å²) in [4.78, 5) is 34.7. The molecule has 1 aliphatic carbocycles. The lowest BCUT2D eigenvalue weighted by atomic mass is 9.91. The Morgan fingerprint density at radius 1 is 1.20 bits per heavy atom. The van der Waals surface area contributed by atoms with Gasteiger partial charge < -0.3 is 29.3 Å². The number of ether oxygens (including phenoxy) is 2. The van der Waals surface area contributed by atoms with E-state index >= 15 is 4.39 Å². The van der Waals surface area contributed by atoms with Gasteiger partial charge in [0.1, 0.15) is 34.5 Å². The van der Waals surface area contributed by atoms with Crippen molar-refractivity contribution in [1.29, 1.82) is 0 Å². The normalized spacial score (nSPS) is 23.0. The molecule has 2 unspecified atom stereocenters. The maximum Gasteiger partial charge on any atom is 0.318 e. The van der Waals surface area contributed by atoms with E-state index in [1.165, 1.54) is 32.1 Å². The van der Waals surface area contributed by atoms with Crippen molar-refractivity contribution in [2.45, 2.75) is 55.8 Å². The molecule has 5 aliphatic rings. The van der Waals surface area contributed by atoms with Gasteiger partial charge >= 0.3 is 6.01 Å². The summed E-state index contributed by atoms with van der Waals surface area (Å²) in [6.45, 7) is 4.69. The molecule has 1 amide bonds. The van der Waals surface area contributed by atoms with E-state index in [2.05, 4.69) is 19.9 Å². The fourth-order valence-electron chi connectivity index (χ4n) is 7.70. The summed E-state index contributed by atoms with van der Waals surface area (Å²) in [5, 5.41) is 11.1. The van der Waals surface area contributed by atoms with E-state index in [-0.39, 0.29) is 34.8 Å². The summed E-state index contributed by atoms with van der Waals surface area (Å²) < 4.78 is 39.8. The summed E-state index contributed by atoms with van der Waals surface area (Å²) in [6, 6.07) is 3.60. The van der Waals surface area contributed by atoms with E-state index in [1.807, 2.05) is 34.9 Å². The number of anilines is 1. The molecular weight excluding hydrogens is 668 g/mol. The first-order valence-electron chi connectivity index (χ1n) is 17.3. The van der Waals surface area contributed by atoms with E-state index in [0.717, 1.165) is 31.4 Å². The van der Waals surface area contributed by atoms with Gasteiger partial charge in [0.15, 0.2) is 5.82 Å². The van der Waals surface area contributed by atoms with Gasteiger partial charge in [-0.25, -0.2) is 8.78 Å². The predicted molar refractivity (Wildman–Crippen MR) is 187 cm³/mol. The molecule has 1 N–H and O–H groups in total. The van der Waals surface area contributed by atoms with E-state index in [9.17, 15) is 14.3 Å². The molecule has 5 fully saturated rings. The van der Waals surface area contributed by atoms with Crippen LogP contribution in [0.15, 0.2) is 30.5 Å². The smallest absolute Gasteiger partial charge is 0.318 e. The number of halogens is 3. The molecule has 3 aromatic rings. The summed E-state index contributed by atoms with van der Waals surface area (Å²) >= 11 is 6.48. The zero-order chi connectivity index (χ0) is 35.2. The van der Waals surface area contributed by atoms with E-state index in [0.29, 0.717) is 73.8 Å². The Bertz CT molecular complexity index is 1780. The van der Waals surface area contributed by atoms with Crippen molar-refractivity contribution in [3.63, 3.8) is 0 Å². The number of nitrogens with zero attached hydrogens (tertiary/aromatic N) is 7. The van der Waals surface area contributed by atoms with Gasteiger partial charge in [-0.3, -0.25) is 14.7 Å². The molecule has 1 spiro atoms. The second-order valence-corrected chi connectivity index (χ2v) is 14.7. The van der Waals surface area contributed by atoms with Gasteiger partial charge in [0.2, 0.25) is 5.91 Å². The molecule has 50 heavy (non-hydrogen) atoms. The van der Waals surface area contributed by atoms with Gasteiger partial charge in [-0.15, -0.1) is 0 Å². The number of piperazine rings is 1. The highest BCUT2D eigenvalue weighted by atomic mass is 35.5. The quantitative estimate of drug-likeness (QED) is 0.344. The number of fused-ring (bicyclic) bond motifs is 2.